The zero-order valence-corrected chi connectivity index (χ0v) is 11.9. The van der Waals surface area contributed by atoms with E-state index >= 15 is 0 Å². The summed E-state index contributed by atoms with van der Waals surface area (Å²) in [6.45, 7) is 2.31. The first kappa shape index (κ1) is 13.7. The van der Waals surface area contributed by atoms with Gasteiger partial charge in [-0.05, 0) is 46.6 Å². The highest BCUT2D eigenvalue weighted by atomic mass is 79.9. The second kappa shape index (κ2) is 5.97. The molecule has 0 atom stereocenters. The molecule has 0 bridgehead atoms. The Labute approximate surface area is 118 Å². The van der Waals surface area contributed by atoms with Crippen molar-refractivity contribution >= 4 is 27.5 Å². The Morgan fingerprint density at radius 3 is 3.00 bits per heavy atom. The maximum Gasteiger partial charge on any atom is 0.226 e. The summed E-state index contributed by atoms with van der Waals surface area (Å²) in [5.74, 6) is -0.562. The van der Waals surface area contributed by atoms with E-state index in [-0.39, 0.29) is 5.91 Å². The molecule has 0 spiro atoms. The Balaban J connectivity index is 1.97. The number of benzene rings is 1. The van der Waals surface area contributed by atoms with Gasteiger partial charge in [-0.1, -0.05) is 0 Å². The van der Waals surface area contributed by atoms with E-state index in [1.807, 2.05) is 6.92 Å². The molecule has 100 valence electrons. The van der Waals surface area contributed by atoms with E-state index < -0.39 is 5.82 Å². The lowest BCUT2D eigenvalue weighted by molar-refractivity contribution is -0.116. The zero-order chi connectivity index (χ0) is 13.8. The minimum Gasteiger partial charge on any atom is -0.326 e. The number of carbonyl (C=O) groups is 1. The maximum absolute atomic E-state index is 13.4. The van der Waals surface area contributed by atoms with Crippen molar-refractivity contribution in [2.24, 2.45) is 0 Å². The molecule has 1 heterocycles. The van der Waals surface area contributed by atoms with Gasteiger partial charge in [-0.2, -0.15) is 5.10 Å². The number of anilines is 1. The van der Waals surface area contributed by atoms with Crippen LogP contribution in [0.25, 0.3) is 0 Å². The van der Waals surface area contributed by atoms with E-state index in [4.69, 9.17) is 0 Å². The highest BCUT2D eigenvalue weighted by molar-refractivity contribution is 9.10. The van der Waals surface area contributed by atoms with Gasteiger partial charge in [0.2, 0.25) is 5.91 Å². The van der Waals surface area contributed by atoms with Gasteiger partial charge in [0, 0.05) is 31.0 Å². The molecule has 1 N–H and O–H groups in total. The van der Waals surface area contributed by atoms with Gasteiger partial charge in [0.15, 0.2) is 0 Å². The van der Waals surface area contributed by atoms with Crippen molar-refractivity contribution in [3.05, 3.63) is 46.4 Å². The number of amides is 1. The Morgan fingerprint density at radius 2 is 2.32 bits per heavy atom. The maximum atomic E-state index is 13.4. The lowest BCUT2D eigenvalue weighted by Gasteiger charge is -2.09. The summed E-state index contributed by atoms with van der Waals surface area (Å²) in [6.07, 6.45) is 3.74. The van der Waals surface area contributed by atoms with Crippen molar-refractivity contribution in [2.45, 2.75) is 19.9 Å². The molecular formula is C13H13BrFN3O. The topological polar surface area (TPSA) is 46.9 Å². The van der Waals surface area contributed by atoms with Crippen LogP contribution in [0.3, 0.4) is 0 Å². The minimum absolute atomic E-state index is 0.166. The van der Waals surface area contributed by atoms with E-state index in [0.717, 1.165) is 5.56 Å². The van der Waals surface area contributed by atoms with Crippen LogP contribution in [0.2, 0.25) is 0 Å². The molecule has 0 aliphatic rings. The fraction of sp³-hybridized carbons (Fsp3) is 0.231. The molecule has 4 nitrogen and oxygen atoms in total. The molecule has 0 radical (unpaired) electrons. The fourth-order valence-electron chi connectivity index (χ4n) is 1.64. The van der Waals surface area contributed by atoms with Crippen LogP contribution in [0.5, 0.6) is 0 Å². The number of aryl methyl sites for hydroxylation is 2. The van der Waals surface area contributed by atoms with Gasteiger partial charge >= 0.3 is 0 Å². The van der Waals surface area contributed by atoms with Crippen LogP contribution in [-0.4, -0.2) is 15.7 Å². The smallest absolute Gasteiger partial charge is 0.226 e. The minimum atomic E-state index is -0.395. The number of carbonyl (C=O) groups excluding carboxylic acids is 1. The predicted octanol–water partition coefficient (Wildman–Crippen LogP) is 3.12. The van der Waals surface area contributed by atoms with Crippen LogP contribution < -0.4 is 5.32 Å². The summed E-state index contributed by atoms with van der Waals surface area (Å²) in [6, 6.07) is 4.75. The summed E-state index contributed by atoms with van der Waals surface area (Å²) in [5.41, 5.74) is 1.30. The summed E-state index contributed by atoms with van der Waals surface area (Å²) >= 11 is 3.10. The predicted molar refractivity (Wildman–Crippen MR) is 74.3 cm³/mol. The first-order valence-electron chi connectivity index (χ1n) is 5.79. The van der Waals surface area contributed by atoms with Gasteiger partial charge in [-0.3, -0.25) is 9.48 Å². The molecule has 0 saturated carbocycles. The van der Waals surface area contributed by atoms with Gasteiger partial charge in [0.05, 0.1) is 4.47 Å². The number of halogens is 2. The van der Waals surface area contributed by atoms with E-state index in [2.05, 4.69) is 26.3 Å². The van der Waals surface area contributed by atoms with Crippen LogP contribution in [0.15, 0.2) is 35.1 Å². The van der Waals surface area contributed by atoms with Crippen molar-refractivity contribution in [1.29, 1.82) is 0 Å². The number of aromatic nitrogens is 2. The van der Waals surface area contributed by atoms with Gasteiger partial charge in [-0.25, -0.2) is 4.39 Å². The molecule has 0 unspecified atom stereocenters. The molecule has 0 aliphatic heterocycles. The molecule has 2 rings (SSSR count). The Kier molecular flexibility index (Phi) is 4.31. The monoisotopic (exact) mass is 325 g/mol. The molecular weight excluding hydrogens is 313 g/mol. The summed E-state index contributed by atoms with van der Waals surface area (Å²) in [5, 5.41) is 6.71. The van der Waals surface area contributed by atoms with Gasteiger partial charge < -0.3 is 5.32 Å². The fourth-order valence-corrected chi connectivity index (χ4v) is 2.10. The third-order valence-corrected chi connectivity index (χ3v) is 3.28. The molecule has 6 heteroatoms. The average molecular weight is 326 g/mol. The molecule has 1 aromatic carbocycles. The van der Waals surface area contributed by atoms with Crippen LogP contribution in [0, 0.1) is 12.7 Å². The van der Waals surface area contributed by atoms with Crippen LogP contribution in [0.1, 0.15) is 12.0 Å². The van der Waals surface area contributed by atoms with Crippen molar-refractivity contribution in [2.75, 3.05) is 5.32 Å². The van der Waals surface area contributed by atoms with Crippen LogP contribution in [-0.2, 0) is 11.3 Å². The Bertz CT molecular complexity index is 584. The largest absolute Gasteiger partial charge is 0.326 e. The second-order valence-electron chi connectivity index (χ2n) is 4.15. The quantitative estimate of drug-likeness (QED) is 0.938. The van der Waals surface area contributed by atoms with E-state index in [0.29, 0.717) is 23.1 Å². The Hall–Kier alpha value is -1.69. The van der Waals surface area contributed by atoms with Crippen LogP contribution in [0.4, 0.5) is 10.1 Å². The highest BCUT2D eigenvalue weighted by Gasteiger charge is 2.08. The summed E-state index contributed by atoms with van der Waals surface area (Å²) in [4.78, 5) is 11.8. The second-order valence-corrected chi connectivity index (χ2v) is 5.00. The lowest BCUT2D eigenvalue weighted by atomic mass is 10.2. The van der Waals surface area contributed by atoms with E-state index in [1.165, 1.54) is 6.07 Å². The number of nitrogens with zero attached hydrogens (tertiary/aromatic N) is 2. The molecule has 19 heavy (non-hydrogen) atoms. The molecule has 0 aliphatic carbocycles. The summed E-state index contributed by atoms with van der Waals surface area (Å²) in [7, 11) is 0. The van der Waals surface area contributed by atoms with Gasteiger partial charge in [-0.15, -0.1) is 0 Å². The van der Waals surface area contributed by atoms with Crippen molar-refractivity contribution in [3.63, 3.8) is 0 Å². The summed E-state index contributed by atoms with van der Waals surface area (Å²) < 4.78 is 15.5. The highest BCUT2D eigenvalue weighted by Crippen LogP contribution is 2.24. The van der Waals surface area contributed by atoms with Crippen molar-refractivity contribution < 1.29 is 9.18 Å². The van der Waals surface area contributed by atoms with Crippen molar-refractivity contribution in [1.82, 2.24) is 9.78 Å². The molecule has 0 saturated heterocycles. The first-order chi connectivity index (χ1) is 9.06. The SMILES string of the molecule is Cc1cc(Br)c(F)cc1NC(=O)CCn1cccn1. The normalized spacial score (nSPS) is 10.5. The lowest BCUT2D eigenvalue weighted by Crippen LogP contribution is -2.15. The average Bonchev–Trinajstić information content (AvgIpc) is 2.86. The van der Waals surface area contributed by atoms with E-state index in [1.54, 1.807) is 29.2 Å². The van der Waals surface area contributed by atoms with Gasteiger partial charge in [0.1, 0.15) is 5.82 Å². The van der Waals surface area contributed by atoms with E-state index in [9.17, 15) is 9.18 Å². The first-order valence-corrected chi connectivity index (χ1v) is 6.58. The number of rotatable bonds is 4. The number of hydrogen-bond acceptors (Lipinski definition) is 2. The third kappa shape index (κ3) is 3.64. The third-order valence-electron chi connectivity index (χ3n) is 2.67. The molecule has 2 aromatic rings. The van der Waals surface area contributed by atoms with Crippen molar-refractivity contribution in [3.8, 4) is 0 Å². The number of nitrogens with one attached hydrogen (secondary N) is 1. The molecule has 1 amide bonds. The van der Waals surface area contributed by atoms with Crippen LogP contribution >= 0.6 is 15.9 Å². The Morgan fingerprint density at radius 1 is 1.53 bits per heavy atom. The molecule has 0 fully saturated rings. The standard InChI is InChI=1S/C13H13BrFN3O/c1-9-7-10(14)11(15)8-12(9)17-13(19)3-6-18-5-2-4-16-18/h2,4-5,7-8H,3,6H2,1H3,(H,17,19). The number of hydrogen-bond donors (Lipinski definition) is 1. The molecule has 1 aromatic heterocycles. The van der Waals surface area contributed by atoms with Gasteiger partial charge in [0.25, 0.3) is 0 Å². The zero-order valence-electron chi connectivity index (χ0n) is 10.4.